The molecule has 24 heavy (non-hydrogen) atoms. The molecular weight excluding hydrogens is 308 g/mol. The Labute approximate surface area is 139 Å². The summed E-state index contributed by atoms with van der Waals surface area (Å²) in [7, 11) is 1.62. The van der Waals surface area contributed by atoms with E-state index in [4.69, 9.17) is 18.6 Å². The summed E-state index contributed by atoms with van der Waals surface area (Å²) in [6.07, 6.45) is 0. The van der Waals surface area contributed by atoms with Gasteiger partial charge < -0.3 is 18.6 Å². The minimum Gasteiger partial charge on any atom is -0.497 e. The van der Waals surface area contributed by atoms with E-state index in [-0.39, 0.29) is 5.63 Å². The van der Waals surface area contributed by atoms with Crippen LogP contribution < -0.4 is 19.8 Å². The van der Waals surface area contributed by atoms with E-state index in [0.29, 0.717) is 24.5 Å². The van der Waals surface area contributed by atoms with Crippen molar-refractivity contribution >= 4 is 11.0 Å². The molecule has 1 heterocycles. The molecule has 3 rings (SSSR count). The van der Waals surface area contributed by atoms with E-state index in [0.717, 1.165) is 22.4 Å². The summed E-state index contributed by atoms with van der Waals surface area (Å²) in [5, 5.41) is 0.899. The number of fused-ring (bicyclic) bond motifs is 1. The van der Waals surface area contributed by atoms with Crippen LogP contribution in [0.1, 0.15) is 5.56 Å². The lowest BCUT2D eigenvalue weighted by Crippen LogP contribution is -2.09. The summed E-state index contributed by atoms with van der Waals surface area (Å²) in [5.74, 6) is 2.17. The maximum absolute atomic E-state index is 11.4. The molecule has 124 valence electrons. The van der Waals surface area contributed by atoms with Crippen LogP contribution in [0.25, 0.3) is 11.0 Å². The van der Waals surface area contributed by atoms with Crippen molar-refractivity contribution in [1.82, 2.24) is 0 Å². The lowest BCUT2D eigenvalue weighted by Gasteiger charge is -2.09. The smallest absolute Gasteiger partial charge is 0.336 e. The van der Waals surface area contributed by atoms with Gasteiger partial charge in [0.1, 0.15) is 36.0 Å². The molecule has 5 heteroatoms. The standard InChI is InChI=1S/C19H18O5/c1-13-11-19(20)24-18-12-16(7-8-17(13)18)23-10-9-22-15-5-3-14(21-2)4-6-15/h3-8,11-12H,9-10H2,1-2H3. The van der Waals surface area contributed by atoms with Crippen molar-refractivity contribution in [3.63, 3.8) is 0 Å². The van der Waals surface area contributed by atoms with Gasteiger partial charge in [0.25, 0.3) is 0 Å². The Kier molecular flexibility index (Phi) is 4.70. The number of aryl methyl sites for hydroxylation is 1. The number of ether oxygens (including phenoxy) is 3. The summed E-state index contributed by atoms with van der Waals surface area (Å²) in [4.78, 5) is 11.4. The Bertz CT molecular complexity index is 880. The fourth-order valence-electron chi connectivity index (χ4n) is 2.39. The van der Waals surface area contributed by atoms with Crippen LogP contribution in [-0.2, 0) is 0 Å². The van der Waals surface area contributed by atoms with Crippen LogP contribution in [0.2, 0.25) is 0 Å². The molecule has 0 amide bonds. The molecule has 3 aromatic rings. The Balaban J connectivity index is 1.58. The predicted molar refractivity (Wildman–Crippen MR) is 91.2 cm³/mol. The third-order valence-electron chi connectivity index (χ3n) is 3.60. The Morgan fingerprint density at radius 1 is 0.875 bits per heavy atom. The quantitative estimate of drug-likeness (QED) is 0.512. The van der Waals surface area contributed by atoms with Crippen LogP contribution in [0, 0.1) is 6.92 Å². The first-order chi connectivity index (χ1) is 11.7. The molecule has 5 nitrogen and oxygen atoms in total. The third kappa shape index (κ3) is 3.68. The summed E-state index contributed by atoms with van der Waals surface area (Å²) >= 11 is 0. The van der Waals surface area contributed by atoms with Gasteiger partial charge in [0.2, 0.25) is 0 Å². The number of methoxy groups -OCH3 is 1. The zero-order valence-corrected chi connectivity index (χ0v) is 13.6. The van der Waals surface area contributed by atoms with Gasteiger partial charge in [-0.15, -0.1) is 0 Å². The average molecular weight is 326 g/mol. The molecule has 2 aromatic carbocycles. The molecule has 0 fully saturated rings. The second-order valence-corrected chi connectivity index (χ2v) is 5.28. The normalized spacial score (nSPS) is 10.6. The van der Waals surface area contributed by atoms with Crippen molar-refractivity contribution in [2.24, 2.45) is 0 Å². The summed E-state index contributed by atoms with van der Waals surface area (Å²) in [6, 6.07) is 14.3. The van der Waals surface area contributed by atoms with Crippen LogP contribution >= 0.6 is 0 Å². The van der Waals surface area contributed by atoms with E-state index in [2.05, 4.69) is 0 Å². The summed E-state index contributed by atoms with van der Waals surface area (Å²) in [6.45, 7) is 2.66. The second-order valence-electron chi connectivity index (χ2n) is 5.28. The highest BCUT2D eigenvalue weighted by atomic mass is 16.5. The van der Waals surface area contributed by atoms with Crippen molar-refractivity contribution in [1.29, 1.82) is 0 Å². The number of benzene rings is 2. The van der Waals surface area contributed by atoms with Gasteiger partial charge in [-0.2, -0.15) is 0 Å². The average Bonchev–Trinajstić information content (AvgIpc) is 2.59. The highest BCUT2D eigenvalue weighted by molar-refractivity contribution is 5.81. The third-order valence-corrected chi connectivity index (χ3v) is 3.60. The molecule has 0 aliphatic heterocycles. The van der Waals surface area contributed by atoms with Gasteiger partial charge in [0.15, 0.2) is 0 Å². The first-order valence-electron chi connectivity index (χ1n) is 7.60. The van der Waals surface area contributed by atoms with Crippen molar-refractivity contribution in [2.75, 3.05) is 20.3 Å². The highest BCUT2D eigenvalue weighted by Gasteiger charge is 2.04. The number of rotatable bonds is 6. The molecule has 0 aliphatic carbocycles. The lowest BCUT2D eigenvalue weighted by molar-refractivity contribution is 0.217. The maximum Gasteiger partial charge on any atom is 0.336 e. The van der Waals surface area contributed by atoms with Crippen LogP contribution in [0.3, 0.4) is 0 Å². The molecule has 0 unspecified atom stereocenters. The molecule has 0 bridgehead atoms. The Hall–Kier alpha value is -2.95. The van der Waals surface area contributed by atoms with Gasteiger partial charge in [0, 0.05) is 17.5 Å². The van der Waals surface area contributed by atoms with Gasteiger partial charge in [-0.05, 0) is 48.9 Å². The molecule has 0 aliphatic rings. The van der Waals surface area contributed by atoms with E-state index in [9.17, 15) is 4.79 Å². The van der Waals surface area contributed by atoms with Crippen LogP contribution in [0.4, 0.5) is 0 Å². The molecule has 0 saturated carbocycles. The first kappa shape index (κ1) is 15.9. The summed E-state index contributed by atoms with van der Waals surface area (Å²) < 4.78 is 21.5. The van der Waals surface area contributed by atoms with Gasteiger partial charge in [-0.25, -0.2) is 4.79 Å². The van der Waals surface area contributed by atoms with Gasteiger partial charge >= 0.3 is 5.63 Å². The SMILES string of the molecule is COc1ccc(OCCOc2ccc3c(C)cc(=O)oc3c2)cc1. The second kappa shape index (κ2) is 7.08. The minimum atomic E-state index is -0.361. The molecule has 0 radical (unpaired) electrons. The number of hydrogen-bond donors (Lipinski definition) is 0. The van der Waals surface area contributed by atoms with Crippen molar-refractivity contribution in [3.8, 4) is 17.2 Å². The van der Waals surface area contributed by atoms with Crippen molar-refractivity contribution < 1.29 is 18.6 Å². The maximum atomic E-state index is 11.4. The van der Waals surface area contributed by atoms with E-state index in [1.165, 1.54) is 6.07 Å². The van der Waals surface area contributed by atoms with Crippen molar-refractivity contribution in [3.05, 3.63) is 64.5 Å². The van der Waals surface area contributed by atoms with Gasteiger partial charge in [-0.1, -0.05) is 0 Å². The van der Waals surface area contributed by atoms with E-state index in [1.54, 1.807) is 13.2 Å². The molecule has 0 spiro atoms. The number of hydrogen-bond acceptors (Lipinski definition) is 5. The van der Waals surface area contributed by atoms with Gasteiger partial charge in [0.05, 0.1) is 7.11 Å². The van der Waals surface area contributed by atoms with Crippen LogP contribution in [-0.4, -0.2) is 20.3 Å². The molecular formula is C19H18O5. The Morgan fingerprint density at radius 3 is 2.21 bits per heavy atom. The monoisotopic (exact) mass is 326 g/mol. The fraction of sp³-hybridized carbons (Fsp3) is 0.211. The topological polar surface area (TPSA) is 57.9 Å². The fourth-order valence-corrected chi connectivity index (χ4v) is 2.39. The molecule has 0 N–H and O–H groups in total. The van der Waals surface area contributed by atoms with Crippen molar-refractivity contribution in [2.45, 2.75) is 6.92 Å². The highest BCUT2D eigenvalue weighted by Crippen LogP contribution is 2.22. The molecule has 0 atom stereocenters. The lowest BCUT2D eigenvalue weighted by atomic mass is 10.1. The summed E-state index contributed by atoms with van der Waals surface area (Å²) in [5.41, 5.74) is 1.05. The zero-order valence-electron chi connectivity index (χ0n) is 13.6. The Morgan fingerprint density at radius 2 is 1.50 bits per heavy atom. The van der Waals surface area contributed by atoms with E-state index in [1.807, 2.05) is 43.3 Å². The minimum absolute atomic E-state index is 0.361. The van der Waals surface area contributed by atoms with Crippen LogP contribution in [0.15, 0.2) is 57.7 Å². The van der Waals surface area contributed by atoms with Crippen LogP contribution in [0.5, 0.6) is 17.2 Å². The first-order valence-corrected chi connectivity index (χ1v) is 7.60. The zero-order chi connectivity index (χ0) is 16.9. The van der Waals surface area contributed by atoms with E-state index >= 15 is 0 Å². The van der Waals surface area contributed by atoms with E-state index < -0.39 is 0 Å². The molecule has 0 saturated heterocycles. The molecule has 1 aromatic heterocycles. The largest absolute Gasteiger partial charge is 0.497 e. The predicted octanol–water partition coefficient (Wildman–Crippen LogP) is 3.57. The van der Waals surface area contributed by atoms with Gasteiger partial charge in [-0.3, -0.25) is 0 Å².